The third-order valence-corrected chi connectivity index (χ3v) is 3.53. The lowest BCUT2D eigenvalue weighted by Crippen LogP contribution is -2.32. The highest BCUT2D eigenvalue weighted by molar-refractivity contribution is 4.83. The van der Waals surface area contributed by atoms with Crippen molar-refractivity contribution in [2.24, 2.45) is 11.8 Å². The quantitative estimate of drug-likeness (QED) is 0.630. The first-order valence-corrected chi connectivity index (χ1v) is 5.49. The molecule has 1 saturated heterocycles. The second-order valence-corrected chi connectivity index (χ2v) is 4.29. The van der Waals surface area contributed by atoms with E-state index < -0.39 is 0 Å². The van der Waals surface area contributed by atoms with Crippen molar-refractivity contribution < 1.29 is 0 Å². The van der Waals surface area contributed by atoms with Gasteiger partial charge in [-0.1, -0.05) is 0 Å². The number of hydrogen-bond acceptors (Lipinski definition) is 1. The Kier molecular flexibility index (Phi) is 3.04. The molecule has 0 amide bonds. The zero-order valence-electron chi connectivity index (χ0n) is 7.89. The van der Waals surface area contributed by atoms with Crippen molar-refractivity contribution in [1.29, 1.82) is 0 Å². The summed E-state index contributed by atoms with van der Waals surface area (Å²) in [5.41, 5.74) is 0. The van der Waals surface area contributed by atoms with Crippen LogP contribution in [0.25, 0.3) is 0 Å². The Morgan fingerprint density at radius 1 is 0.833 bits per heavy atom. The van der Waals surface area contributed by atoms with Gasteiger partial charge in [0.2, 0.25) is 0 Å². The molecule has 2 rings (SSSR count). The second kappa shape index (κ2) is 4.27. The predicted molar refractivity (Wildman–Crippen MR) is 51.9 cm³/mol. The van der Waals surface area contributed by atoms with Gasteiger partial charge in [0.05, 0.1) is 0 Å². The fraction of sp³-hybridized carbons (Fsp3) is 0.909. The standard InChI is InChI=1S/C11H20N/c1-2-4-10(5-3-1)11-6-8-12-9-7-11/h1,10-12H,2-9H2. The van der Waals surface area contributed by atoms with Crippen molar-refractivity contribution in [2.45, 2.75) is 38.5 Å². The summed E-state index contributed by atoms with van der Waals surface area (Å²) in [6, 6.07) is 0. The van der Waals surface area contributed by atoms with Crippen LogP contribution < -0.4 is 5.32 Å². The van der Waals surface area contributed by atoms with Crippen LogP contribution in [-0.4, -0.2) is 13.1 Å². The number of piperidine rings is 1. The van der Waals surface area contributed by atoms with E-state index in [4.69, 9.17) is 0 Å². The minimum absolute atomic E-state index is 1.06. The summed E-state index contributed by atoms with van der Waals surface area (Å²) in [4.78, 5) is 0. The number of hydrogen-bond donors (Lipinski definition) is 1. The van der Waals surface area contributed by atoms with Crippen LogP contribution in [0.1, 0.15) is 38.5 Å². The molecule has 1 aliphatic heterocycles. The molecule has 0 aromatic rings. The Balaban J connectivity index is 1.80. The molecule has 1 heterocycles. The van der Waals surface area contributed by atoms with Crippen LogP contribution in [0.3, 0.4) is 0 Å². The van der Waals surface area contributed by atoms with Crippen molar-refractivity contribution in [1.82, 2.24) is 5.32 Å². The van der Waals surface area contributed by atoms with Crippen LogP contribution in [-0.2, 0) is 0 Å². The second-order valence-electron chi connectivity index (χ2n) is 4.29. The average molecular weight is 166 g/mol. The maximum Gasteiger partial charge on any atom is -0.00462 e. The first-order valence-electron chi connectivity index (χ1n) is 5.49. The highest BCUT2D eigenvalue weighted by atomic mass is 14.9. The van der Waals surface area contributed by atoms with Gasteiger partial charge in [0.25, 0.3) is 0 Å². The van der Waals surface area contributed by atoms with Crippen molar-refractivity contribution in [3.05, 3.63) is 6.42 Å². The number of rotatable bonds is 1. The van der Waals surface area contributed by atoms with E-state index in [2.05, 4.69) is 11.7 Å². The normalized spacial score (nSPS) is 29.0. The molecule has 0 bridgehead atoms. The van der Waals surface area contributed by atoms with E-state index in [1.807, 2.05) is 0 Å². The van der Waals surface area contributed by atoms with Gasteiger partial charge in [-0.15, -0.1) is 0 Å². The third kappa shape index (κ3) is 2.01. The lowest BCUT2D eigenvalue weighted by molar-refractivity contribution is 0.219. The maximum absolute atomic E-state index is 3.45. The fourth-order valence-corrected chi connectivity index (χ4v) is 2.74. The molecule has 1 nitrogen and oxygen atoms in total. The summed E-state index contributed by atoms with van der Waals surface area (Å²) >= 11 is 0. The van der Waals surface area contributed by atoms with Gasteiger partial charge in [-0.3, -0.25) is 0 Å². The molecule has 1 radical (unpaired) electrons. The van der Waals surface area contributed by atoms with Gasteiger partial charge in [0.1, 0.15) is 0 Å². The smallest absolute Gasteiger partial charge is 0.00462 e. The van der Waals surface area contributed by atoms with Gasteiger partial charge in [0, 0.05) is 0 Å². The van der Waals surface area contributed by atoms with Crippen LogP contribution in [0.2, 0.25) is 0 Å². The highest BCUT2D eigenvalue weighted by Crippen LogP contribution is 2.33. The summed E-state index contributed by atoms with van der Waals surface area (Å²) < 4.78 is 0. The zero-order chi connectivity index (χ0) is 8.23. The SMILES string of the molecule is [CH]1CCC(C2CCNCC2)CC1. The molecule has 0 aromatic heterocycles. The monoisotopic (exact) mass is 166 g/mol. The highest BCUT2D eigenvalue weighted by Gasteiger charge is 2.24. The largest absolute Gasteiger partial charge is 0.317 e. The van der Waals surface area contributed by atoms with Crippen molar-refractivity contribution in [2.75, 3.05) is 13.1 Å². The van der Waals surface area contributed by atoms with Crippen LogP contribution >= 0.6 is 0 Å². The topological polar surface area (TPSA) is 12.0 Å². The Morgan fingerprint density at radius 3 is 2.08 bits per heavy atom. The van der Waals surface area contributed by atoms with E-state index in [-0.39, 0.29) is 0 Å². The van der Waals surface area contributed by atoms with E-state index in [1.54, 1.807) is 0 Å². The summed E-state index contributed by atoms with van der Waals surface area (Å²) in [7, 11) is 0. The summed E-state index contributed by atoms with van der Waals surface area (Å²) in [6.45, 7) is 2.54. The van der Waals surface area contributed by atoms with Gasteiger partial charge in [-0.25, -0.2) is 0 Å². The Morgan fingerprint density at radius 2 is 1.42 bits per heavy atom. The molecule has 0 unspecified atom stereocenters. The number of nitrogens with one attached hydrogen (secondary N) is 1. The Labute approximate surface area is 75.9 Å². The van der Waals surface area contributed by atoms with Gasteiger partial charge in [-0.2, -0.15) is 0 Å². The first kappa shape index (κ1) is 8.55. The molecule has 1 N–H and O–H groups in total. The molecule has 2 aliphatic rings. The molecule has 0 atom stereocenters. The van der Waals surface area contributed by atoms with E-state index >= 15 is 0 Å². The molecular formula is C11H20N. The molecule has 1 aliphatic carbocycles. The molecule has 12 heavy (non-hydrogen) atoms. The molecule has 69 valence electrons. The molecule has 1 heteroatoms. The fourth-order valence-electron chi connectivity index (χ4n) is 2.74. The van der Waals surface area contributed by atoms with E-state index in [0.29, 0.717) is 0 Å². The van der Waals surface area contributed by atoms with E-state index in [9.17, 15) is 0 Å². The van der Waals surface area contributed by atoms with E-state index in [0.717, 1.165) is 11.8 Å². The Hall–Kier alpha value is -0.0400. The predicted octanol–water partition coefficient (Wildman–Crippen LogP) is 2.38. The molecule has 1 saturated carbocycles. The Bertz CT molecular complexity index is 105. The van der Waals surface area contributed by atoms with E-state index in [1.165, 1.54) is 51.6 Å². The van der Waals surface area contributed by atoms with Gasteiger partial charge in [-0.05, 0) is 69.9 Å². The summed E-state index contributed by atoms with van der Waals surface area (Å²) in [5.74, 6) is 2.12. The lowest BCUT2D eigenvalue weighted by atomic mass is 9.76. The minimum atomic E-state index is 1.06. The zero-order valence-corrected chi connectivity index (χ0v) is 7.89. The summed E-state index contributed by atoms with van der Waals surface area (Å²) in [5, 5.41) is 3.45. The maximum atomic E-state index is 3.45. The van der Waals surface area contributed by atoms with Crippen LogP contribution in [0.15, 0.2) is 0 Å². The van der Waals surface area contributed by atoms with Crippen LogP contribution in [0.5, 0.6) is 0 Å². The average Bonchev–Trinajstić information content (AvgIpc) is 2.21. The van der Waals surface area contributed by atoms with Crippen LogP contribution in [0, 0.1) is 18.3 Å². The minimum Gasteiger partial charge on any atom is -0.317 e. The lowest BCUT2D eigenvalue weighted by Gasteiger charge is -2.33. The van der Waals surface area contributed by atoms with Gasteiger partial charge in [0.15, 0.2) is 0 Å². The third-order valence-electron chi connectivity index (χ3n) is 3.53. The first-order chi connectivity index (χ1) is 5.97. The molecule has 0 aromatic carbocycles. The molecule has 0 spiro atoms. The van der Waals surface area contributed by atoms with Crippen molar-refractivity contribution >= 4 is 0 Å². The molecule has 2 fully saturated rings. The van der Waals surface area contributed by atoms with Crippen molar-refractivity contribution in [3.8, 4) is 0 Å². The summed E-state index contributed by atoms with van der Waals surface area (Å²) in [6.07, 6.45) is 11.1. The van der Waals surface area contributed by atoms with Gasteiger partial charge < -0.3 is 5.32 Å². The van der Waals surface area contributed by atoms with Crippen molar-refractivity contribution in [3.63, 3.8) is 0 Å². The van der Waals surface area contributed by atoms with Crippen LogP contribution in [0.4, 0.5) is 0 Å². The van der Waals surface area contributed by atoms with Gasteiger partial charge >= 0.3 is 0 Å². The molecular weight excluding hydrogens is 146 g/mol.